The van der Waals surface area contributed by atoms with Gasteiger partial charge in [-0.05, 0) is 30.4 Å². The third-order valence-corrected chi connectivity index (χ3v) is 2.58. The predicted octanol–water partition coefficient (Wildman–Crippen LogP) is 2.50. The Balaban J connectivity index is 2.54. The average molecular weight is 180 g/mol. The van der Waals surface area contributed by atoms with Crippen molar-refractivity contribution < 1.29 is 5.11 Å². The van der Waals surface area contributed by atoms with Crippen LogP contribution in [0.2, 0.25) is 0 Å². The van der Waals surface area contributed by atoms with E-state index in [1.807, 2.05) is 18.4 Å². The summed E-state index contributed by atoms with van der Waals surface area (Å²) in [6, 6.07) is 2.01. The van der Waals surface area contributed by atoms with E-state index in [-0.39, 0.29) is 6.10 Å². The van der Waals surface area contributed by atoms with Gasteiger partial charge in [-0.25, -0.2) is 0 Å². The maximum atomic E-state index is 9.58. The molecule has 0 saturated carbocycles. The molecule has 0 aliphatic carbocycles. The van der Waals surface area contributed by atoms with Crippen LogP contribution in [0, 0.1) is 19.3 Å². The smallest absolute Gasteiger partial charge is 0.0807 e. The van der Waals surface area contributed by atoms with Crippen LogP contribution >= 0.6 is 11.3 Å². The zero-order valence-electron chi connectivity index (χ0n) is 7.08. The predicted molar refractivity (Wildman–Crippen MR) is 52.1 cm³/mol. The molecule has 1 unspecified atom stereocenters. The van der Waals surface area contributed by atoms with Crippen molar-refractivity contribution in [2.24, 2.45) is 0 Å². The molecule has 0 amide bonds. The number of hydrogen-bond acceptors (Lipinski definition) is 2. The highest BCUT2D eigenvalue weighted by Gasteiger charge is 2.07. The van der Waals surface area contributed by atoms with Crippen molar-refractivity contribution in [2.75, 3.05) is 0 Å². The largest absolute Gasteiger partial charge is 0.388 e. The molecule has 0 spiro atoms. The van der Waals surface area contributed by atoms with Crippen molar-refractivity contribution in [3.05, 3.63) is 21.9 Å². The van der Waals surface area contributed by atoms with Gasteiger partial charge in [0.25, 0.3) is 0 Å². The van der Waals surface area contributed by atoms with Gasteiger partial charge in [0.05, 0.1) is 6.10 Å². The van der Waals surface area contributed by atoms with Crippen LogP contribution in [-0.4, -0.2) is 5.11 Å². The van der Waals surface area contributed by atoms with Crippen LogP contribution in [0.1, 0.15) is 29.4 Å². The fourth-order valence-electron chi connectivity index (χ4n) is 1.03. The van der Waals surface area contributed by atoms with Crippen LogP contribution < -0.4 is 0 Å². The zero-order chi connectivity index (χ0) is 8.97. The Labute approximate surface area is 77.1 Å². The summed E-state index contributed by atoms with van der Waals surface area (Å²) in [5, 5.41) is 11.6. The Bertz CT molecular complexity index is 282. The molecule has 0 aliphatic heterocycles. The SMILES string of the molecule is C#CCCC(O)c1csc(C)c1. The molecule has 1 rings (SSSR count). The van der Waals surface area contributed by atoms with E-state index in [9.17, 15) is 5.11 Å². The monoisotopic (exact) mass is 180 g/mol. The van der Waals surface area contributed by atoms with E-state index in [0.717, 1.165) is 5.56 Å². The molecule has 1 nitrogen and oxygen atoms in total. The zero-order valence-corrected chi connectivity index (χ0v) is 7.90. The first kappa shape index (κ1) is 9.31. The maximum Gasteiger partial charge on any atom is 0.0807 e. The van der Waals surface area contributed by atoms with E-state index in [1.54, 1.807) is 11.3 Å². The van der Waals surface area contributed by atoms with Gasteiger partial charge in [0.1, 0.15) is 0 Å². The number of aryl methyl sites for hydroxylation is 1. The highest BCUT2D eigenvalue weighted by atomic mass is 32.1. The molecule has 1 N–H and O–H groups in total. The molecule has 0 radical (unpaired) electrons. The number of thiophene rings is 1. The summed E-state index contributed by atoms with van der Waals surface area (Å²) in [6.45, 7) is 2.03. The Hall–Kier alpha value is -0.780. The fraction of sp³-hybridized carbons (Fsp3) is 0.400. The maximum absolute atomic E-state index is 9.58. The number of aliphatic hydroxyl groups excluding tert-OH is 1. The highest BCUT2D eigenvalue weighted by Crippen LogP contribution is 2.23. The molecule has 1 aromatic heterocycles. The Kier molecular flexibility index (Phi) is 3.33. The van der Waals surface area contributed by atoms with E-state index < -0.39 is 0 Å². The minimum atomic E-state index is -0.383. The molecule has 0 bridgehead atoms. The summed E-state index contributed by atoms with van der Waals surface area (Å²) in [4.78, 5) is 1.23. The molecule has 1 aromatic rings. The lowest BCUT2D eigenvalue weighted by molar-refractivity contribution is 0.170. The van der Waals surface area contributed by atoms with Gasteiger partial charge >= 0.3 is 0 Å². The second-order valence-electron chi connectivity index (χ2n) is 2.75. The van der Waals surface area contributed by atoms with E-state index in [0.29, 0.717) is 12.8 Å². The number of hydrogen-bond donors (Lipinski definition) is 1. The van der Waals surface area contributed by atoms with Crippen molar-refractivity contribution in [2.45, 2.75) is 25.9 Å². The Morgan fingerprint density at radius 2 is 2.50 bits per heavy atom. The van der Waals surface area contributed by atoms with Crippen LogP contribution in [0.25, 0.3) is 0 Å². The van der Waals surface area contributed by atoms with Gasteiger partial charge in [0.15, 0.2) is 0 Å². The number of terminal acetylenes is 1. The molecule has 12 heavy (non-hydrogen) atoms. The molecule has 1 atom stereocenters. The van der Waals surface area contributed by atoms with E-state index in [4.69, 9.17) is 6.42 Å². The van der Waals surface area contributed by atoms with Gasteiger partial charge in [0, 0.05) is 11.3 Å². The Morgan fingerprint density at radius 3 is 3.00 bits per heavy atom. The quantitative estimate of drug-likeness (QED) is 0.709. The first-order valence-electron chi connectivity index (χ1n) is 3.90. The van der Waals surface area contributed by atoms with Crippen LogP contribution in [0.5, 0.6) is 0 Å². The summed E-state index contributed by atoms with van der Waals surface area (Å²) in [5.41, 5.74) is 0.993. The van der Waals surface area contributed by atoms with Crippen LogP contribution in [-0.2, 0) is 0 Å². The third-order valence-electron chi connectivity index (χ3n) is 1.70. The fourth-order valence-corrected chi connectivity index (χ4v) is 1.78. The second kappa shape index (κ2) is 4.30. The topological polar surface area (TPSA) is 20.2 Å². The summed E-state index contributed by atoms with van der Waals surface area (Å²) >= 11 is 1.65. The minimum Gasteiger partial charge on any atom is -0.388 e. The van der Waals surface area contributed by atoms with Crippen LogP contribution in [0.4, 0.5) is 0 Å². The molecule has 0 aliphatic rings. The summed E-state index contributed by atoms with van der Waals surface area (Å²) in [6.07, 6.45) is 6.01. The highest BCUT2D eigenvalue weighted by molar-refractivity contribution is 7.10. The van der Waals surface area contributed by atoms with Gasteiger partial charge in [-0.1, -0.05) is 0 Å². The van der Waals surface area contributed by atoms with E-state index in [1.165, 1.54) is 4.88 Å². The van der Waals surface area contributed by atoms with E-state index >= 15 is 0 Å². The standard InChI is InChI=1S/C10H12OS/c1-3-4-5-10(11)9-6-8(2)12-7-9/h1,6-7,10-11H,4-5H2,2H3. The normalized spacial score (nSPS) is 12.4. The molecule has 0 saturated heterocycles. The van der Waals surface area contributed by atoms with Crippen molar-refractivity contribution in [1.82, 2.24) is 0 Å². The lowest BCUT2D eigenvalue weighted by atomic mass is 10.1. The summed E-state index contributed by atoms with van der Waals surface area (Å²) < 4.78 is 0. The molecular formula is C10H12OS. The van der Waals surface area contributed by atoms with Gasteiger partial charge in [-0.2, -0.15) is 0 Å². The molecule has 2 heteroatoms. The first-order chi connectivity index (χ1) is 5.74. The number of rotatable bonds is 3. The van der Waals surface area contributed by atoms with Crippen LogP contribution in [0.15, 0.2) is 11.4 Å². The molecule has 64 valence electrons. The second-order valence-corrected chi connectivity index (χ2v) is 3.86. The van der Waals surface area contributed by atoms with Crippen LogP contribution in [0.3, 0.4) is 0 Å². The van der Waals surface area contributed by atoms with Crippen molar-refractivity contribution in [3.8, 4) is 12.3 Å². The summed E-state index contributed by atoms with van der Waals surface area (Å²) in [5.74, 6) is 2.52. The van der Waals surface area contributed by atoms with Gasteiger partial charge < -0.3 is 5.11 Å². The molecule has 1 heterocycles. The first-order valence-corrected chi connectivity index (χ1v) is 4.78. The van der Waals surface area contributed by atoms with Gasteiger partial charge in [0.2, 0.25) is 0 Å². The Morgan fingerprint density at radius 1 is 1.75 bits per heavy atom. The van der Waals surface area contributed by atoms with Gasteiger partial charge in [-0.15, -0.1) is 23.7 Å². The lowest BCUT2D eigenvalue weighted by Crippen LogP contribution is -1.93. The number of aliphatic hydroxyl groups is 1. The summed E-state index contributed by atoms with van der Waals surface area (Å²) in [7, 11) is 0. The van der Waals surface area contributed by atoms with Gasteiger partial charge in [-0.3, -0.25) is 0 Å². The average Bonchev–Trinajstić information content (AvgIpc) is 2.47. The van der Waals surface area contributed by atoms with Crippen molar-refractivity contribution >= 4 is 11.3 Å². The van der Waals surface area contributed by atoms with Crippen molar-refractivity contribution in [1.29, 1.82) is 0 Å². The third kappa shape index (κ3) is 2.37. The molecular weight excluding hydrogens is 168 g/mol. The molecule has 0 aromatic carbocycles. The molecule has 0 fully saturated rings. The van der Waals surface area contributed by atoms with E-state index in [2.05, 4.69) is 5.92 Å². The minimum absolute atomic E-state index is 0.383. The van der Waals surface area contributed by atoms with Crippen molar-refractivity contribution in [3.63, 3.8) is 0 Å². The lowest BCUT2D eigenvalue weighted by Gasteiger charge is -2.04.